The average molecular weight is 375 g/mol. The minimum Gasteiger partial charge on any atom is -0.342 e. The maximum atomic E-state index is 13.0. The molecule has 142 valence electrons. The Labute approximate surface area is 161 Å². The fraction of sp³-hybridized carbons (Fsp3) is 0.350. The van der Waals surface area contributed by atoms with Crippen LogP contribution in [0.5, 0.6) is 0 Å². The Hall–Kier alpha value is -3.29. The van der Waals surface area contributed by atoms with E-state index in [2.05, 4.69) is 20.1 Å². The van der Waals surface area contributed by atoms with Gasteiger partial charge in [-0.25, -0.2) is 14.5 Å². The van der Waals surface area contributed by atoms with Crippen LogP contribution in [0.25, 0.3) is 16.8 Å². The molecule has 4 heterocycles. The molecule has 5 rings (SSSR count). The zero-order valence-electron chi connectivity index (χ0n) is 15.9. The van der Waals surface area contributed by atoms with E-state index in [0.29, 0.717) is 18.9 Å². The number of likely N-dealkylation sites (tertiary alicyclic amines) is 1. The number of aromatic amines is 1. The zero-order valence-corrected chi connectivity index (χ0v) is 15.9. The Morgan fingerprint density at radius 3 is 2.89 bits per heavy atom. The number of nitrogens with zero attached hydrogens (tertiary/aromatic N) is 6. The van der Waals surface area contributed by atoms with Gasteiger partial charge in [0.05, 0.1) is 11.0 Å². The Balaban J connectivity index is 1.41. The summed E-state index contributed by atoms with van der Waals surface area (Å²) in [6.45, 7) is 5.16. The number of fused-ring (bicyclic) bond motifs is 2. The third-order valence-corrected chi connectivity index (χ3v) is 5.31. The Bertz CT molecular complexity index is 1160. The molecule has 28 heavy (non-hydrogen) atoms. The molecule has 1 aromatic carbocycles. The minimum absolute atomic E-state index is 0.150. The van der Waals surface area contributed by atoms with Crippen LogP contribution in [-0.4, -0.2) is 53.4 Å². The van der Waals surface area contributed by atoms with Gasteiger partial charge in [0.1, 0.15) is 5.82 Å². The van der Waals surface area contributed by atoms with Crippen LogP contribution < -0.4 is 0 Å². The third-order valence-electron chi connectivity index (χ3n) is 5.31. The summed E-state index contributed by atoms with van der Waals surface area (Å²) in [4.78, 5) is 31.7. The normalized spacial score (nSPS) is 17.5. The van der Waals surface area contributed by atoms with Crippen molar-refractivity contribution in [3.63, 3.8) is 0 Å². The molecule has 8 heteroatoms. The summed E-state index contributed by atoms with van der Waals surface area (Å²) in [5.74, 6) is 1.64. The number of imidazole rings is 1. The second-order valence-electron chi connectivity index (χ2n) is 7.42. The molecule has 4 aromatic rings. The molecule has 1 amide bonds. The summed E-state index contributed by atoms with van der Waals surface area (Å²) in [5.41, 5.74) is 3.76. The molecule has 0 unspecified atom stereocenters. The van der Waals surface area contributed by atoms with Crippen molar-refractivity contribution in [3.05, 3.63) is 53.4 Å². The van der Waals surface area contributed by atoms with Gasteiger partial charge < -0.3 is 9.88 Å². The highest BCUT2D eigenvalue weighted by Gasteiger charge is 2.29. The standard InChI is InChI=1S/C20H21N7O/c1-12-10-13(2)27-20(21-12)24-18(25-27)19(28)26-9-5-6-14(11-26)17-22-15-7-3-4-8-16(15)23-17/h3-4,7-8,10,14H,5-6,9,11H2,1-2H3,(H,22,23)/t14-/m0/s1. The van der Waals surface area contributed by atoms with Gasteiger partial charge in [0.25, 0.3) is 11.7 Å². The van der Waals surface area contributed by atoms with Gasteiger partial charge >= 0.3 is 0 Å². The average Bonchev–Trinajstić information content (AvgIpc) is 3.31. The second-order valence-corrected chi connectivity index (χ2v) is 7.42. The minimum atomic E-state index is -0.150. The van der Waals surface area contributed by atoms with E-state index in [-0.39, 0.29) is 17.6 Å². The number of nitrogens with one attached hydrogen (secondary N) is 1. The highest BCUT2D eigenvalue weighted by molar-refractivity contribution is 5.91. The molecule has 1 N–H and O–H groups in total. The molecular formula is C20H21N7O. The number of para-hydroxylation sites is 2. The van der Waals surface area contributed by atoms with Crippen molar-refractivity contribution in [1.29, 1.82) is 0 Å². The van der Waals surface area contributed by atoms with Gasteiger partial charge in [0.15, 0.2) is 0 Å². The van der Waals surface area contributed by atoms with Crippen molar-refractivity contribution in [3.8, 4) is 0 Å². The monoisotopic (exact) mass is 375 g/mol. The van der Waals surface area contributed by atoms with Crippen molar-refractivity contribution in [2.75, 3.05) is 13.1 Å². The molecule has 0 aliphatic carbocycles. The SMILES string of the molecule is Cc1cc(C)n2nc(C(=O)N3CCC[C@H](c4nc5ccccc5[nH]4)C3)nc2n1. The number of aromatic nitrogens is 6. The maximum absolute atomic E-state index is 13.0. The van der Waals surface area contributed by atoms with Gasteiger partial charge in [-0.3, -0.25) is 4.79 Å². The van der Waals surface area contributed by atoms with E-state index in [1.165, 1.54) is 0 Å². The second kappa shape index (κ2) is 6.40. The summed E-state index contributed by atoms with van der Waals surface area (Å²) >= 11 is 0. The zero-order chi connectivity index (χ0) is 19.3. The lowest BCUT2D eigenvalue weighted by Gasteiger charge is -2.31. The van der Waals surface area contributed by atoms with Crippen LogP contribution in [0.1, 0.15) is 46.6 Å². The number of hydrogen-bond donors (Lipinski definition) is 1. The number of benzene rings is 1. The number of aryl methyl sites for hydroxylation is 2. The number of hydrogen-bond acceptors (Lipinski definition) is 5. The number of carbonyl (C=O) groups excluding carboxylic acids is 1. The van der Waals surface area contributed by atoms with Gasteiger partial charge in [-0.2, -0.15) is 4.98 Å². The lowest BCUT2D eigenvalue weighted by atomic mass is 9.97. The molecule has 3 aromatic heterocycles. The molecule has 1 aliphatic rings. The summed E-state index contributed by atoms with van der Waals surface area (Å²) in [5, 5.41) is 4.39. The summed E-state index contributed by atoms with van der Waals surface area (Å²) in [6, 6.07) is 9.92. The molecule has 0 saturated carbocycles. The topological polar surface area (TPSA) is 92.1 Å². The first-order valence-corrected chi connectivity index (χ1v) is 9.53. The third kappa shape index (κ3) is 2.81. The van der Waals surface area contributed by atoms with Gasteiger partial charge in [-0.1, -0.05) is 12.1 Å². The van der Waals surface area contributed by atoms with E-state index in [1.807, 2.05) is 49.1 Å². The van der Waals surface area contributed by atoms with E-state index in [9.17, 15) is 4.79 Å². The Kier molecular flexibility index (Phi) is 3.85. The van der Waals surface area contributed by atoms with Crippen LogP contribution in [-0.2, 0) is 0 Å². The van der Waals surface area contributed by atoms with Crippen molar-refractivity contribution in [2.45, 2.75) is 32.6 Å². The fourth-order valence-corrected chi connectivity index (χ4v) is 3.95. The molecule has 0 spiro atoms. The summed E-state index contributed by atoms with van der Waals surface area (Å²) < 4.78 is 1.63. The highest BCUT2D eigenvalue weighted by Crippen LogP contribution is 2.27. The van der Waals surface area contributed by atoms with Gasteiger partial charge in [-0.15, -0.1) is 5.10 Å². The molecule has 1 fully saturated rings. The largest absolute Gasteiger partial charge is 0.342 e. The first-order valence-electron chi connectivity index (χ1n) is 9.53. The Morgan fingerprint density at radius 1 is 1.18 bits per heavy atom. The van der Waals surface area contributed by atoms with Crippen LogP contribution >= 0.6 is 0 Å². The van der Waals surface area contributed by atoms with Gasteiger partial charge in [0, 0.05) is 30.4 Å². The van der Waals surface area contributed by atoms with E-state index < -0.39 is 0 Å². The molecular weight excluding hydrogens is 354 g/mol. The van der Waals surface area contributed by atoms with Crippen LogP contribution in [0.15, 0.2) is 30.3 Å². The van der Waals surface area contributed by atoms with Crippen LogP contribution in [0.4, 0.5) is 0 Å². The Morgan fingerprint density at radius 2 is 2.04 bits per heavy atom. The van der Waals surface area contributed by atoms with Crippen molar-refractivity contribution in [2.24, 2.45) is 0 Å². The van der Waals surface area contributed by atoms with Crippen LogP contribution in [0, 0.1) is 13.8 Å². The van der Waals surface area contributed by atoms with Crippen molar-refractivity contribution < 1.29 is 4.79 Å². The molecule has 8 nitrogen and oxygen atoms in total. The number of carbonyl (C=O) groups is 1. The van der Waals surface area contributed by atoms with Gasteiger partial charge in [-0.05, 0) is 44.9 Å². The first-order chi connectivity index (χ1) is 13.6. The number of H-pyrrole nitrogens is 1. The smallest absolute Gasteiger partial charge is 0.293 e. The van der Waals surface area contributed by atoms with E-state index in [1.54, 1.807) is 4.52 Å². The van der Waals surface area contributed by atoms with Gasteiger partial charge in [0.2, 0.25) is 5.82 Å². The summed E-state index contributed by atoms with van der Waals surface area (Å²) in [6.07, 6.45) is 1.93. The highest BCUT2D eigenvalue weighted by atomic mass is 16.2. The van der Waals surface area contributed by atoms with Crippen molar-refractivity contribution in [1.82, 2.24) is 34.4 Å². The predicted octanol–water partition coefficient (Wildman–Crippen LogP) is 2.64. The summed E-state index contributed by atoms with van der Waals surface area (Å²) in [7, 11) is 0. The molecule has 1 aliphatic heterocycles. The first kappa shape index (κ1) is 16.9. The van der Waals surface area contributed by atoms with Crippen LogP contribution in [0.2, 0.25) is 0 Å². The quantitative estimate of drug-likeness (QED) is 0.581. The number of rotatable bonds is 2. The molecule has 1 saturated heterocycles. The molecule has 0 bridgehead atoms. The number of piperidine rings is 1. The lowest BCUT2D eigenvalue weighted by Crippen LogP contribution is -2.39. The van der Waals surface area contributed by atoms with E-state index in [4.69, 9.17) is 4.98 Å². The van der Waals surface area contributed by atoms with Crippen molar-refractivity contribution >= 4 is 22.7 Å². The molecule has 0 radical (unpaired) electrons. The van der Waals surface area contributed by atoms with E-state index in [0.717, 1.165) is 41.1 Å². The molecule has 1 atom stereocenters. The van der Waals surface area contributed by atoms with E-state index >= 15 is 0 Å². The predicted molar refractivity (Wildman–Crippen MR) is 104 cm³/mol. The van der Waals surface area contributed by atoms with Crippen LogP contribution in [0.3, 0.4) is 0 Å². The maximum Gasteiger partial charge on any atom is 0.293 e. The fourth-order valence-electron chi connectivity index (χ4n) is 3.95. The lowest BCUT2D eigenvalue weighted by molar-refractivity contribution is 0.0692. The number of amides is 1.